The molecule has 0 aliphatic rings. The minimum atomic E-state index is 0.843. The Morgan fingerprint density at radius 1 is 1.17 bits per heavy atom. The van der Waals surface area contributed by atoms with Crippen LogP contribution in [0, 0.1) is 0 Å². The van der Waals surface area contributed by atoms with Crippen LogP contribution >= 0.6 is 0 Å². The van der Waals surface area contributed by atoms with Crippen LogP contribution in [0.4, 0.5) is 0 Å². The minimum Gasteiger partial charge on any atom is -0.342 e. The van der Waals surface area contributed by atoms with Crippen molar-refractivity contribution < 1.29 is 0 Å². The molecule has 18 heavy (non-hydrogen) atoms. The van der Waals surface area contributed by atoms with Gasteiger partial charge in [0.2, 0.25) is 0 Å². The Bertz CT molecular complexity index is 432. The molecule has 0 fully saturated rings. The molecule has 5 nitrogen and oxygen atoms in total. The fourth-order valence-corrected chi connectivity index (χ4v) is 2.03. The van der Waals surface area contributed by atoms with Crippen LogP contribution in [0.15, 0.2) is 24.8 Å². The maximum Gasteiger partial charge on any atom is 0.176 e. The van der Waals surface area contributed by atoms with Crippen molar-refractivity contribution in [2.45, 2.75) is 32.2 Å². The van der Waals surface area contributed by atoms with Gasteiger partial charge < -0.3 is 14.9 Å². The minimum absolute atomic E-state index is 0.843. The molecule has 0 aromatic carbocycles. The lowest BCUT2D eigenvalue weighted by Gasteiger charge is -2.06. The van der Waals surface area contributed by atoms with Gasteiger partial charge in [-0.05, 0) is 26.4 Å². The number of aryl methyl sites for hydroxylation is 1. The van der Waals surface area contributed by atoms with Crippen LogP contribution in [-0.2, 0) is 6.54 Å². The number of rotatable bonds is 8. The van der Waals surface area contributed by atoms with Gasteiger partial charge in [0.25, 0.3) is 0 Å². The first-order chi connectivity index (χ1) is 8.92. The second-order valence-corrected chi connectivity index (χ2v) is 4.40. The molecule has 2 aromatic rings. The molecule has 0 amide bonds. The number of aromatic amines is 1. The predicted octanol–water partition coefficient (Wildman–Crippen LogP) is 2.05. The van der Waals surface area contributed by atoms with Gasteiger partial charge in [0.05, 0.1) is 0 Å². The van der Waals surface area contributed by atoms with E-state index in [2.05, 4.69) is 24.8 Å². The lowest BCUT2D eigenvalue weighted by Crippen LogP contribution is -2.07. The van der Waals surface area contributed by atoms with Gasteiger partial charge in [-0.25, -0.2) is 9.97 Å². The summed E-state index contributed by atoms with van der Waals surface area (Å²) in [5.41, 5.74) is 0. The van der Waals surface area contributed by atoms with Crippen LogP contribution in [0.2, 0.25) is 0 Å². The molecule has 5 heteroatoms. The third kappa shape index (κ3) is 3.43. The lowest BCUT2D eigenvalue weighted by atomic mass is 10.2. The summed E-state index contributed by atoms with van der Waals surface area (Å²) in [7, 11) is 2.00. The van der Waals surface area contributed by atoms with Gasteiger partial charge in [0.1, 0.15) is 0 Å². The number of unbranched alkanes of at least 4 members (excludes halogenated alkanes) is 3. The SMILES string of the molecule is CNCCCCCCn1ccnc1-c1ncc[nH]1. The van der Waals surface area contributed by atoms with Crippen molar-refractivity contribution in [3.8, 4) is 11.6 Å². The molecule has 2 N–H and O–H groups in total. The topological polar surface area (TPSA) is 58.5 Å². The third-order valence-corrected chi connectivity index (χ3v) is 3.00. The molecule has 2 aromatic heterocycles. The molecular formula is C13H21N5. The van der Waals surface area contributed by atoms with Gasteiger partial charge in [0.15, 0.2) is 11.6 Å². The van der Waals surface area contributed by atoms with E-state index in [0.717, 1.165) is 24.7 Å². The molecule has 0 saturated carbocycles. The van der Waals surface area contributed by atoms with Crippen LogP contribution < -0.4 is 5.32 Å². The van der Waals surface area contributed by atoms with E-state index in [1.54, 1.807) is 6.20 Å². The summed E-state index contributed by atoms with van der Waals surface area (Å²) in [6.07, 6.45) is 12.4. The van der Waals surface area contributed by atoms with Gasteiger partial charge in [-0.3, -0.25) is 0 Å². The Balaban J connectivity index is 1.78. The molecule has 0 bridgehead atoms. The number of imidazole rings is 2. The van der Waals surface area contributed by atoms with E-state index in [1.165, 1.54) is 25.7 Å². The van der Waals surface area contributed by atoms with E-state index in [9.17, 15) is 0 Å². The fourth-order valence-electron chi connectivity index (χ4n) is 2.03. The van der Waals surface area contributed by atoms with E-state index in [0.29, 0.717) is 0 Å². The molecule has 0 atom stereocenters. The smallest absolute Gasteiger partial charge is 0.176 e. The average Bonchev–Trinajstić information content (AvgIpc) is 3.03. The Kier molecular flexibility index (Phi) is 4.96. The summed E-state index contributed by atoms with van der Waals surface area (Å²) in [6, 6.07) is 0. The van der Waals surface area contributed by atoms with E-state index >= 15 is 0 Å². The summed E-state index contributed by atoms with van der Waals surface area (Å²) in [5.74, 6) is 1.77. The second-order valence-electron chi connectivity index (χ2n) is 4.40. The molecule has 0 radical (unpaired) electrons. The van der Waals surface area contributed by atoms with Crippen LogP contribution in [0.25, 0.3) is 11.6 Å². The highest BCUT2D eigenvalue weighted by molar-refractivity contribution is 5.43. The number of hydrogen-bond donors (Lipinski definition) is 2. The first-order valence-electron chi connectivity index (χ1n) is 6.57. The van der Waals surface area contributed by atoms with Crippen molar-refractivity contribution in [3.63, 3.8) is 0 Å². The van der Waals surface area contributed by atoms with Gasteiger partial charge >= 0.3 is 0 Å². The van der Waals surface area contributed by atoms with Crippen molar-refractivity contribution >= 4 is 0 Å². The van der Waals surface area contributed by atoms with Crippen molar-refractivity contribution in [1.82, 2.24) is 24.8 Å². The fraction of sp³-hybridized carbons (Fsp3) is 0.538. The summed E-state index contributed by atoms with van der Waals surface area (Å²) in [6.45, 7) is 2.12. The zero-order valence-corrected chi connectivity index (χ0v) is 10.9. The number of nitrogens with zero attached hydrogens (tertiary/aromatic N) is 3. The molecule has 0 saturated heterocycles. The van der Waals surface area contributed by atoms with Crippen LogP contribution in [0.5, 0.6) is 0 Å². The first-order valence-corrected chi connectivity index (χ1v) is 6.57. The van der Waals surface area contributed by atoms with Crippen molar-refractivity contribution in [2.75, 3.05) is 13.6 Å². The Labute approximate surface area is 108 Å². The summed E-state index contributed by atoms with van der Waals surface area (Å²) >= 11 is 0. The highest BCUT2D eigenvalue weighted by Gasteiger charge is 2.06. The zero-order valence-electron chi connectivity index (χ0n) is 10.9. The van der Waals surface area contributed by atoms with Crippen LogP contribution in [0.3, 0.4) is 0 Å². The van der Waals surface area contributed by atoms with Crippen molar-refractivity contribution in [2.24, 2.45) is 0 Å². The number of hydrogen-bond acceptors (Lipinski definition) is 3. The maximum atomic E-state index is 4.35. The first kappa shape index (κ1) is 12.8. The monoisotopic (exact) mass is 247 g/mol. The van der Waals surface area contributed by atoms with E-state index in [1.807, 2.05) is 25.6 Å². The van der Waals surface area contributed by atoms with Crippen LogP contribution in [0.1, 0.15) is 25.7 Å². The summed E-state index contributed by atoms with van der Waals surface area (Å²) in [4.78, 5) is 11.7. The standard InChI is InChI=1S/C13H21N5/c1-14-6-4-2-3-5-10-18-11-9-17-13(18)12-15-7-8-16-12/h7-9,11,14H,2-6,10H2,1H3,(H,15,16). The van der Waals surface area contributed by atoms with Crippen molar-refractivity contribution in [3.05, 3.63) is 24.8 Å². The van der Waals surface area contributed by atoms with Gasteiger partial charge in [-0.15, -0.1) is 0 Å². The normalized spacial score (nSPS) is 10.9. The Morgan fingerprint density at radius 2 is 2.06 bits per heavy atom. The second kappa shape index (κ2) is 6.96. The zero-order chi connectivity index (χ0) is 12.6. The molecule has 2 heterocycles. The Morgan fingerprint density at radius 3 is 2.83 bits per heavy atom. The van der Waals surface area contributed by atoms with Gasteiger partial charge in [-0.1, -0.05) is 12.8 Å². The Hall–Kier alpha value is -1.62. The lowest BCUT2D eigenvalue weighted by molar-refractivity contribution is 0.565. The number of nitrogens with one attached hydrogen (secondary N) is 2. The van der Waals surface area contributed by atoms with Gasteiger partial charge in [0, 0.05) is 31.3 Å². The molecule has 0 aliphatic heterocycles. The van der Waals surface area contributed by atoms with Crippen molar-refractivity contribution in [1.29, 1.82) is 0 Å². The predicted molar refractivity (Wildman–Crippen MR) is 72.2 cm³/mol. The third-order valence-electron chi connectivity index (χ3n) is 3.00. The number of aromatic nitrogens is 4. The van der Waals surface area contributed by atoms with Gasteiger partial charge in [-0.2, -0.15) is 0 Å². The number of H-pyrrole nitrogens is 1. The molecule has 98 valence electrons. The van der Waals surface area contributed by atoms with E-state index < -0.39 is 0 Å². The largest absolute Gasteiger partial charge is 0.342 e. The maximum absolute atomic E-state index is 4.35. The molecular weight excluding hydrogens is 226 g/mol. The average molecular weight is 247 g/mol. The molecule has 0 aliphatic carbocycles. The molecule has 0 spiro atoms. The highest BCUT2D eigenvalue weighted by atomic mass is 15.1. The quantitative estimate of drug-likeness (QED) is 0.702. The summed E-state index contributed by atoms with van der Waals surface area (Å²) < 4.78 is 2.16. The highest BCUT2D eigenvalue weighted by Crippen LogP contribution is 2.13. The van der Waals surface area contributed by atoms with E-state index in [-0.39, 0.29) is 0 Å². The molecule has 0 unspecified atom stereocenters. The van der Waals surface area contributed by atoms with E-state index in [4.69, 9.17) is 0 Å². The van der Waals surface area contributed by atoms with Crippen LogP contribution in [-0.4, -0.2) is 33.1 Å². The molecule has 2 rings (SSSR count). The summed E-state index contributed by atoms with van der Waals surface area (Å²) in [5, 5.41) is 3.17.